The van der Waals surface area contributed by atoms with Gasteiger partial charge in [-0.05, 0) is 41.5 Å². The van der Waals surface area contributed by atoms with Gasteiger partial charge >= 0.3 is 5.97 Å². The number of benzene rings is 2. The number of carbonyl (C=O) groups excluding carboxylic acids is 1. The summed E-state index contributed by atoms with van der Waals surface area (Å²) in [4.78, 5) is 11.2. The largest absolute Gasteiger partial charge is 0.482 e. The smallest absolute Gasteiger partial charge is 0.344 e. The summed E-state index contributed by atoms with van der Waals surface area (Å²) in [6.07, 6.45) is 0. The molecule has 2 aromatic carbocycles. The van der Waals surface area contributed by atoms with E-state index in [1.807, 2.05) is 30.3 Å². The third kappa shape index (κ3) is 3.45. The highest BCUT2D eigenvalue weighted by atomic mass is 16.6. The zero-order valence-corrected chi connectivity index (χ0v) is 10.8. The summed E-state index contributed by atoms with van der Waals surface area (Å²) in [7, 11) is 0. The first-order chi connectivity index (χ1) is 9.22. The Morgan fingerprint density at radius 1 is 1.16 bits per heavy atom. The second kappa shape index (κ2) is 6.20. The molecule has 0 heterocycles. The molecule has 0 spiro atoms. The van der Waals surface area contributed by atoms with Crippen LogP contribution in [0.1, 0.15) is 12.5 Å². The van der Waals surface area contributed by atoms with Gasteiger partial charge in [-0.3, -0.25) is 0 Å². The van der Waals surface area contributed by atoms with E-state index >= 15 is 0 Å². The lowest BCUT2D eigenvalue weighted by Crippen LogP contribution is -2.14. The maximum atomic E-state index is 11.2. The predicted molar refractivity (Wildman–Crippen MR) is 72.0 cm³/mol. The highest BCUT2D eigenvalue weighted by molar-refractivity contribution is 5.84. The molecule has 0 unspecified atom stereocenters. The van der Waals surface area contributed by atoms with Crippen LogP contribution in [-0.4, -0.2) is 24.3 Å². The standard InChI is InChI=1S/C15H16O4/c1-2-18-15(17)10-19-14-6-5-12-7-11(9-16)3-4-13(12)8-14/h3-8,16H,2,9-10H2,1H3. The number of hydrogen-bond donors (Lipinski definition) is 1. The SMILES string of the molecule is CCOC(=O)COc1ccc2cc(CO)ccc2c1. The summed E-state index contributed by atoms with van der Waals surface area (Å²) in [6, 6.07) is 11.2. The Balaban J connectivity index is 2.11. The minimum atomic E-state index is -0.377. The third-order valence-electron chi connectivity index (χ3n) is 2.72. The molecular formula is C15H16O4. The van der Waals surface area contributed by atoms with Crippen LogP contribution in [0.2, 0.25) is 0 Å². The number of ether oxygens (including phenoxy) is 2. The molecule has 4 nitrogen and oxygen atoms in total. The van der Waals surface area contributed by atoms with Crippen molar-refractivity contribution in [2.75, 3.05) is 13.2 Å². The molecule has 0 amide bonds. The van der Waals surface area contributed by atoms with E-state index in [9.17, 15) is 4.79 Å². The van der Waals surface area contributed by atoms with Crippen molar-refractivity contribution in [3.63, 3.8) is 0 Å². The van der Waals surface area contributed by atoms with Gasteiger partial charge in [0.05, 0.1) is 13.2 Å². The molecule has 0 aliphatic carbocycles. The van der Waals surface area contributed by atoms with E-state index in [-0.39, 0.29) is 19.2 Å². The molecule has 4 heteroatoms. The van der Waals surface area contributed by atoms with E-state index in [0.717, 1.165) is 16.3 Å². The lowest BCUT2D eigenvalue weighted by Gasteiger charge is -2.07. The summed E-state index contributed by atoms with van der Waals surface area (Å²) in [5, 5.41) is 11.1. The van der Waals surface area contributed by atoms with Crippen LogP contribution in [0.25, 0.3) is 10.8 Å². The van der Waals surface area contributed by atoms with Gasteiger partial charge in [-0.2, -0.15) is 0 Å². The van der Waals surface area contributed by atoms with E-state index in [4.69, 9.17) is 14.6 Å². The van der Waals surface area contributed by atoms with Gasteiger partial charge in [-0.1, -0.05) is 18.2 Å². The number of rotatable bonds is 5. The Morgan fingerprint density at radius 2 is 1.89 bits per heavy atom. The second-order valence-corrected chi connectivity index (χ2v) is 4.10. The van der Waals surface area contributed by atoms with Crippen molar-refractivity contribution in [2.45, 2.75) is 13.5 Å². The molecule has 1 N–H and O–H groups in total. The topological polar surface area (TPSA) is 55.8 Å². The van der Waals surface area contributed by atoms with Crippen molar-refractivity contribution < 1.29 is 19.4 Å². The van der Waals surface area contributed by atoms with Crippen molar-refractivity contribution in [3.05, 3.63) is 42.0 Å². The third-order valence-corrected chi connectivity index (χ3v) is 2.72. The fourth-order valence-corrected chi connectivity index (χ4v) is 1.81. The van der Waals surface area contributed by atoms with Gasteiger partial charge in [-0.15, -0.1) is 0 Å². The maximum absolute atomic E-state index is 11.2. The molecule has 100 valence electrons. The van der Waals surface area contributed by atoms with Crippen molar-refractivity contribution in [1.29, 1.82) is 0 Å². The number of esters is 1. The number of aliphatic hydroxyl groups excluding tert-OH is 1. The number of hydrogen-bond acceptors (Lipinski definition) is 4. The van der Waals surface area contributed by atoms with Gasteiger partial charge in [0, 0.05) is 0 Å². The molecule has 0 radical (unpaired) electrons. The van der Waals surface area contributed by atoms with Crippen molar-refractivity contribution in [3.8, 4) is 5.75 Å². The predicted octanol–water partition coefficient (Wildman–Crippen LogP) is 2.27. The van der Waals surface area contributed by atoms with E-state index in [0.29, 0.717) is 12.4 Å². The van der Waals surface area contributed by atoms with E-state index in [1.54, 1.807) is 13.0 Å². The van der Waals surface area contributed by atoms with Gasteiger partial charge in [0.15, 0.2) is 6.61 Å². The van der Waals surface area contributed by atoms with Crippen molar-refractivity contribution in [2.24, 2.45) is 0 Å². The summed E-state index contributed by atoms with van der Waals surface area (Å²) in [5.41, 5.74) is 0.868. The van der Waals surface area contributed by atoms with E-state index in [1.165, 1.54) is 0 Å². The summed E-state index contributed by atoms with van der Waals surface area (Å²) < 4.78 is 10.2. The summed E-state index contributed by atoms with van der Waals surface area (Å²) in [6.45, 7) is 2.04. The minimum absolute atomic E-state index is 0.0249. The molecule has 0 aliphatic heterocycles. The molecule has 0 saturated carbocycles. The molecule has 0 bridgehead atoms. The fourth-order valence-electron chi connectivity index (χ4n) is 1.81. The van der Waals surface area contributed by atoms with E-state index < -0.39 is 0 Å². The average molecular weight is 260 g/mol. The van der Waals surface area contributed by atoms with Crippen LogP contribution in [0.5, 0.6) is 5.75 Å². The van der Waals surface area contributed by atoms with Gasteiger partial charge in [0.1, 0.15) is 5.75 Å². The number of carbonyl (C=O) groups is 1. The van der Waals surface area contributed by atoms with Gasteiger partial charge in [0.2, 0.25) is 0 Å². The average Bonchev–Trinajstić information content (AvgIpc) is 2.44. The van der Waals surface area contributed by atoms with Crippen LogP contribution in [0.15, 0.2) is 36.4 Å². The maximum Gasteiger partial charge on any atom is 0.344 e. The van der Waals surface area contributed by atoms with Crippen LogP contribution in [0.3, 0.4) is 0 Å². The molecule has 2 rings (SSSR count). The number of fused-ring (bicyclic) bond motifs is 1. The lowest BCUT2D eigenvalue weighted by molar-refractivity contribution is -0.145. The first-order valence-corrected chi connectivity index (χ1v) is 6.15. The summed E-state index contributed by atoms with van der Waals surface area (Å²) >= 11 is 0. The Labute approximate surface area is 111 Å². The molecule has 0 saturated heterocycles. The monoisotopic (exact) mass is 260 g/mol. The normalized spacial score (nSPS) is 10.4. The molecule has 0 aliphatic rings. The fraction of sp³-hybridized carbons (Fsp3) is 0.267. The van der Waals surface area contributed by atoms with E-state index in [2.05, 4.69) is 0 Å². The highest BCUT2D eigenvalue weighted by Gasteiger charge is 2.04. The van der Waals surface area contributed by atoms with Crippen molar-refractivity contribution >= 4 is 16.7 Å². The molecule has 2 aromatic rings. The van der Waals surface area contributed by atoms with Gasteiger partial charge in [0.25, 0.3) is 0 Å². The zero-order valence-electron chi connectivity index (χ0n) is 10.8. The first kappa shape index (κ1) is 13.4. The molecule has 0 atom stereocenters. The highest BCUT2D eigenvalue weighted by Crippen LogP contribution is 2.22. The van der Waals surface area contributed by atoms with Gasteiger partial charge in [-0.25, -0.2) is 4.79 Å². The van der Waals surface area contributed by atoms with Crippen LogP contribution >= 0.6 is 0 Å². The van der Waals surface area contributed by atoms with Crippen LogP contribution < -0.4 is 4.74 Å². The lowest BCUT2D eigenvalue weighted by atomic mass is 10.1. The quantitative estimate of drug-likeness (QED) is 0.838. The Hall–Kier alpha value is -2.07. The van der Waals surface area contributed by atoms with Crippen LogP contribution in [0, 0.1) is 0 Å². The first-order valence-electron chi connectivity index (χ1n) is 6.15. The molecular weight excluding hydrogens is 244 g/mol. The van der Waals surface area contributed by atoms with Gasteiger partial charge < -0.3 is 14.6 Å². The Kier molecular flexibility index (Phi) is 4.36. The molecule has 0 aromatic heterocycles. The summed E-state index contributed by atoms with van der Waals surface area (Å²) in [5.74, 6) is 0.246. The zero-order chi connectivity index (χ0) is 13.7. The molecule has 19 heavy (non-hydrogen) atoms. The Morgan fingerprint density at radius 3 is 2.63 bits per heavy atom. The van der Waals surface area contributed by atoms with Crippen LogP contribution in [0.4, 0.5) is 0 Å². The Bertz CT molecular complexity index is 577. The minimum Gasteiger partial charge on any atom is -0.482 e. The second-order valence-electron chi connectivity index (χ2n) is 4.10. The van der Waals surface area contributed by atoms with Crippen LogP contribution in [-0.2, 0) is 16.1 Å². The van der Waals surface area contributed by atoms with Crippen molar-refractivity contribution in [1.82, 2.24) is 0 Å². The number of aliphatic hydroxyl groups is 1. The molecule has 0 fully saturated rings.